The molecule has 1 unspecified atom stereocenters. The van der Waals surface area contributed by atoms with E-state index in [1.165, 1.54) is 24.3 Å². The minimum Gasteiger partial charge on any atom is -0.326 e. The summed E-state index contributed by atoms with van der Waals surface area (Å²) < 4.78 is 38.7. The zero-order valence-corrected chi connectivity index (χ0v) is 15.3. The van der Waals surface area contributed by atoms with Gasteiger partial charge in [0, 0.05) is 17.1 Å². The van der Waals surface area contributed by atoms with Gasteiger partial charge in [0.15, 0.2) is 0 Å². The number of amides is 1. The van der Waals surface area contributed by atoms with Gasteiger partial charge in [0.25, 0.3) is 0 Å². The normalized spacial score (nSPS) is 12.6. The van der Waals surface area contributed by atoms with Crippen LogP contribution in [0.15, 0.2) is 42.5 Å². The fourth-order valence-corrected chi connectivity index (χ4v) is 3.20. The van der Waals surface area contributed by atoms with Gasteiger partial charge < -0.3 is 5.32 Å². The molecule has 0 aliphatic carbocycles. The van der Waals surface area contributed by atoms with Gasteiger partial charge in [-0.3, -0.25) is 4.79 Å². The van der Waals surface area contributed by atoms with Crippen molar-refractivity contribution in [1.29, 1.82) is 0 Å². The molecule has 0 aliphatic heterocycles. The van der Waals surface area contributed by atoms with Gasteiger partial charge in [-0.2, -0.15) is 0 Å². The standard InChI is InChI=1S/C17H18ClFN2O3S/c1-11-3-6-13(18)9-15(11)20-17(22)10-16(21-25(2,23)24)12-4-7-14(19)8-5-12/h3-9,16,21H,10H2,1-2H3,(H,20,22). The van der Waals surface area contributed by atoms with Crippen molar-refractivity contribution >= 4 is 33.2 Å². The van der Waals surface area contributed by atoms with Crippen LogP contribution in [-0.4, -0.2) is 20.6 Å². The Morgan fingerprint density at radius 1 is 1.20 bits per heavy atom. The Bertz CT molecular complexity index is 870. The van der Waals surface area contributed by atoms with Crippen LogP contribution in [0.1, 0.15) is 23.6 Å². The first kappa shape index (κ1) is 19.4. The molecule has 2 rings (SSSR count). The highest BCUT2D eigenvalue weighted by Gasteiger charge is 2.20. The summed E-state index contributed by atoms with van der Waals surface area (Å²) in [5.74, 6) is -0.836. The number of hydrogen-bond acceptors (Lipinski definition) is 3. The predicted molar refractivity (Wildman–Crippen MR) is 96.6 cm³/mol. The number of carbonyl (C=O) groups excluding carboxylic acids is 1. The number of sulfonamides is 1. The Hall–Kier alpha value is -1.96. The zero-order chi connectivity index (χ0) is 18.6. The van der Waals surface area contributed by atoms with E-state index in [4.69, 9.17) is 11.6 Å². The number of rotatable bonds is 6. The largest absolute Gasteiger partial charge is 0.326 e. The van der Waals surface area contributed by atoms with Gasteiger partial charge in [0.1, 0.15) is 5.82 Å². The number of carbonyl (C=O) groups is 1. The minimum atomic E-state index is -3.56. The molecule has 1 amide bonds. The van der Waals surface area contributed by atoms with E-state index in [-0.39, 0.29) is 6.42 Å². The molecule has 1 atom stereocenters. The van der Waals surface area contributed by atoms with Crippen LogP contribution in [0.3, 0.4) is 0 Å². The van der Waals surface area contributed by atoms with Gasteiger partial charge in [0.2, 0.25) is 15.9 Å². The second-order valence-corrected chi connectivity index (χ2v) is 7.92. The third-order valence-electron chi connectivity index (χ3n) is 3.49. The molecule has 0 saturated carbocycles. The topological polar surface area (TPSA) is 75.3 Å². The number of halogens is 2. The first-order valence-electron chi connectivity index (χ1n) is 7.43. The van der Waals surface area contributed by atoms with Crippen molar-refractivity contribution in [2.75, 3.05) is 11.6 Å². The highest BCUT2D eigenvalue weighted by molar-refractivity contribution is 7.88. The summed E-state index contributed by atoms with van der Waals surface area (Å²) in [5.41, 5.74) is 1.87. The van der Waals surface area contributed by atoms with Crippen LogP contribution < -0.4 is 10.0 Å². The Labute approximate surface area is 151 Å². The molecule has 2 N–H and O–H groups in total. The maximum Gasteiger partial charge on any atom is 0.226 e. The average Bonchev–Trinajstić information content (AvgIpc) is 2.49. The summed E-state index contributed by atoms with van der Waals surface area (Å²) in [7, 11) is -3.56. The van der Waals surface area contributed by atoms with E-state index in [0.717, 1.165) is 11.8 Å². The van der Waals surface area contributed by atoms with E-state index in [0.29, 0.717) is 16.3 Å². The van der Waals surface area contributed by atoms with E-state index >= 15 is 0 Å². The van der Waals surface area contributed by atoms with Gasteiger partial charge in [0.05, 0.1) is 12.3 Å². The molecule has 25 heavy (non-hydrogen) atoms. The van der Waals surface area contributed by atoms with Crippen LogP contribution in [0.4, 0.5) is 10.1 Å². The second-order valence-electron chi connectivity index (χ2n) is 5.71. The Morgan fingerprint density at radius 3 is 2.44 bits per heavy atom. The van der Waals surface area contributed by atoms with Crippen molar-refractivity contribution in [2.24, 2.45) is 0 Å². The van der Waals surface area contributed by atoms with Crippen molar-refractivity contribution < 1.29 is 17.6 Å². The van der Waals surface area contributed by atoms with Crippen molar-refractivity contribution in [2.45, 2.75) is 19.4 Å². The molecular weight excluding hydrogens is 367 g/mol. The molecule has 0 heterocycles. The fourth-order valence-electron chi connectivity index (χ4n) is 2.30. The third kappa shape index (κ3) is 6.12. The number of anilines is 1. The third-order valence-corrected chi connectivity index (χ3v) is 4.44. The molecule has 5 nitrogen and oxygen atoms in total. The van der Waals surface area contributed by atoms with Gasteiger partial charge in [-0.05, 0) is 42.3 Å². The van der Waals surface area contributed by atoms with E-state index in [9.17, 15) is 17.6 Å². The summed E-state index contributed by atoms with van der Waals surface area (Å²) in [6.07, 6.45) is 0.854. The highest BCUT2D eigenvalue weighted by Crippen LogP contribution is 2.23. The Morgan fingerprint density at radius 2 is 1.84 bits per heavy atom. The van der Waals surface area contributed by atoms with Crippen LogP contribution in [-0.2, 0) is 14.8 Å². The lowest BCUT2D eigenvalue weighted by atomic mass is 10.0. The molecule has 134 valence electrons. The van der Waals surface area contributed by atoms with Crippen LogP contribution in [0.5, 0.6) is 0 Å². The maximum atomic E-state index is 13.1. The van der Waals surface area contributed by atoms with Crippen molar-refractivity contribution in [3.63, 3.8) is 0 Å². The summed E-state index contributed by atoms with van der Waals surface area (Å²) in [6.45, 7) is 1.82. The number of benzene rings is 2. The smallest absolute Gasteiger partial charge is 0.226 e. The first-order valence-corrected chi connectivity index (χ1v) is 9.70. The molecule has 0 aromatic heterocycles. The van der Waals surface area contributed by atoms with Gasteiger partial charge in [-0.15, -0.1) is 0 Å². The molecule has 0 spiro atoms. The molecule has 2 aromatic carbocycles. The van der Waals surface area contributed by atoms with Crippen molar-refractivity contribution in [1.82, 2.24) is 4.72 Å². The van der Waals surface area contributed by atoms with Crippen LogP contribution in [0.25, 0.3) is 0 Å². The van der Waals surface area contributed by atoms with E-state index < -0.39 is 27.8 Å². The van der Waals surface area contributed by atoms with Crippen molar-refractivity contribution in [3.05, 3.63) is 64.4 Å². The van der Waals surface area contributed by atoms with Gasteiger partial charge in [-0.25, -0.2) is 17.5 Å². The lowest BCUT2D eigenvalue weighted by Gasteiger charge is -2.18. The average molecular weight is 385 g/mol. The first-order chi connectivity index (χ1) is 11.6. The highest BCUT2D eigenvalue weighted by atomic mass is 35.5. The Balaban J connectivity index is 2.19. The molecular formula is C17H18ClFN2O3S. The summed E-state index contributed by atoms with van der Waals surface area (Å²) in [4.78, 5) is 12.3. The van der Waals surface area contributed by atoms with E-state index in [2.05, 4.69) is 10.0 Å². The summed E-state index contributed by atoms with van der Waals surface area (Å²) in [5, 5.41) is 3.19. The van der Waals surface area contributed by atoms with Gasteiger partial charge >= 0.3 is 0 Å². The van der Waals surface area contributed by atoms with Crippen LogP contribution in [0.2, 0.25) is 5.02 Å². The second kappa shape index (κ2) is 7.95. The maximum absolute atomic E-state index is 13.1. The SMILES string of the molecule is Cc1ccc(Cl)cc1NC(=O)CC(NS(C)(=O)=O)c1ccc(F)cc1. The van der Waals surface area contributed by atoms with Crippen LogP contribution in [0, 0.1) is 12.7 Å². The molecule has 8 heteroatoms. The molecule has 0 bridgehead atoms. The fraction of sp³-hybridized carbons (Fsp3) is 0.235. The van der Waals surface area contributed by atoms with Crippen LogP contribution >= 0.6 is 11.6 Å². The predicted octanol–water partition coefficient (Wildman–Crippen LogP) is 3.41. The Kier molecular flexibility index (Phi) is 6.16. The number of hydrogen-bond donors (Lipinski definition) is 2. The lowest BCUT2D eigenvalue weighted by Crippen LogP contribution is -2.30. The molecule has 2 aromatic rings. The summed E-state index contributed by atoms with van der Waals surface area (Å²) >= 11 is 5.93. The lowest BCUT2D eigenvalue weighted by molar-refractivity contribution is -0.116. The minimum absolute atomic E-state index is 0.148. The zero-order valence-electron chi connectivity index (χ0n) is 13.7. The quantitative estimate of drug-likeness (QED) is 0.801. The molecule has 0 fully saturated rings. The molecule has 0 aliphatic rings. The number of nitrogens with one attached hydrogen (secondary N) is 2. The molecule has 0 radical (unpaired) electrons. The monoisotopic (exact) mass is 384 g/mol. The van der Waals surface area contributed by atoms with Gasteiger partial charge in [-0.1, -0.05) is 29.8 Å². The van der Waals surface area contributed by atoms with Crippen molar-refractivity contribution in [3.8, 4) is 0 Å². The summed E-state index contributed by atoms with van der Waals surface area (Å²) in [6, 6.07) is 9.59. The molecule has 0 saturated heterocycles. The van der Waals surface area contributed by atoms with E-state index in [1.54, 1.807) is 18.2 Å². The van der Waals surface area contributed by atoms with E-state index in [1.807, 2.05) is 6.92 Å². The number of aryl methyl sites for hydroxylation is 1.